The van der Waals surface area contributed by atoms with Crippen LogP contribution in [0.2, 0.25) is 0 Å². The molecule has 0 saturated carbocycles. The SMILES string of the molecule is O=C1C(=O)c2c(Oc3ccccc3)ccc3cccc1c23. The summed E-state index contributed by atoms with van der Waals surface area (Å²) in [6, 6.07) is 18.2. The maximum Gasteiger partial charge on any atom is 0.237 e. The quantitative estimate of drug-likeness (QED) is 0.663. The van der Waals surface area contributed by atoms with E-state index in [1.54, 1.807) is 18.2 Å². The van der Waals surface area contributed by atoms with Crippen LogP contribution in [-0.2, 0) is 0 Å². The third kappa shape index (κ3) is 1.68. The third-order valence-electron chi connectivity index (χ3n) is 3.66. The van der Waals surface area contributed by atoms with Crippen molar-refractivity contribution in [2.45, 2.75) is 0 Å². The monoisotopic (exact) mass is 274 g/mol. The normalized spacial score (nSPS) is 13.0. The first-order chi connectivity index (χ1) is 10.3. The van der Waals surface area contributed by atoms with Crippen LogP contribution in [0.25, 0.3) is 10.8 Å². The molecule has 1 aliphatic carbocycles. The lowest BCUT2D eigenvalue weighted by Gasteiger charge is -2.09. The topological polar surface area (TPSA) is 43.4 Å². The van der Waals surface area contributed by atoms with Crippen molar-refractivity contribution in [3.05, 3.63) is 71.8 Å². The Morgan fingerprint density at radius 3 is 2.33 bits per heavy atom. The van der Waals surface area contributed by atoms with E-state index in [0.29, 0.717) is 28.0 Å². The second-order valence-corrected chi connectivity index (χ2v) is 4.92. The van der Waals surface area contributed by atoms with Gasteiger partial charge in [-0.2, -0.15) is 0 Å². The summed E-state index contributed by atoms with van der Waals surface area (Å²) < 4.78 is 5.79. The summed E-state index contributed by atoms with van der Waals surface area (Å²) in [5.41, 5.74) is 0.836. The number of ether oxygens (including phenoxy) is 1. The van der Waals surface area contributed by atoms with Crippen LogP contribution in [0.5, 0.6) is 11.5 Å². The van der Waals surface area contributed by atoms with E-state index in [-0.39, 0.29) is 0 Å². The fourth-order valence-corrected chi connectivity index (χ4v) is 2.71. The lowest BCUT2D eigenvalue weighted by molar-refractivity contribution is 0.0824. The molecule has 4 rings (SSSR count). The molecular weight excluding hydrogens is 264 g/mol. The minimum atomic E-state index is -0.493. The Balaban J connectivity index is 1.95. The second kappa shape index (κ2) is 4.28. The van der Waals surface area contributed by atoms with Gasteiger partial charge in [-0.3, -0.25) is 9.59 Å². The number of ketones is 2. The molecule has 0 amide bonds. The highest BCUT2D eigenvalue weighted by Gasteiger charge is 2.33. The van der Waals surface area contributed by atoms with Crippen molar-refractivity contribution >= 4 is 22.3 Å². The summed E-state index contributed by atoms with van der Waals surface area (Å²) in [5.74, 6) is 0.113. The Hall–Kier alpha value is -2.94. The van der Waals surface area contributed by atoms with Crippen molar-refractivity contribution in [3.63, 3.8) is 0 Å². The molecule has 0 heterocycles. The highest BCUT2D eigenvalue weighted by molar-refractivity contribution is 6.57. The van der Waals surface area contributed by atoms with Gasteiger partial charge in [0.2, 0.25) is 11.6 Å². The van der Waals surface area contributed by atoms with Crippen LogP contribution in [0, 0.1) is 0 Å². The summed E-state index contributed by atoms with van der Waals surface area (Å²) in [7, 11) is 0. The van der Waals surface area contributed by atoms with Crippen molar-refractivity contribution in [3.8, 4) is 11.5 Å². The Labute approximate surface area is 120 Å². The van der Waals surface area contributed by atoms with Crippen LogP contribution in [0.15, 0.2) is 60.7 Å². The number of para-hydroxylation sites is 1. The summed E-state index contributed by atoms with van der Waals surface area (Å²) in [4.78, 5) is 24.3. The minimum Gasteiger partial charge on any atom is -0.457 e. The lowest BCUT2D eigenvalue weighted by Crippen LogP contribution is -2.07. The van der Waals surface area contributed by atoms with Crippen molar-refractivity contribution in [2.24, 2.45) is 0 Å². The average Bonchev–Trinajstić information content (AvgIpc) is 2.78. The maximum absolute atomic E-state index is 12.3. The molecule has 0 unspecified atom stereocenters. The van der Waals surface area contributed by atoms with E-state index in [1.165, 1.54) is 0 Å². The van der Waals surface area contributed by atoms with Gasteiger partial charge in [0.25, 0.3) is 0 Å². The van der Waals surface area contributed by atoms with Crippen LogP contribution < -0.4 is 4.74 Å². The molecule has 0 N–H and O–H groups in total. The van der Waals surface area contributed by atoms with Gasteiger partial charge in [0.05, 0.1) is 5.56 Å². The van der Waals surface area contributed by atoms with Gasteiger partial charge in [0.15, 0.2) is 0 Å². The van der Waals surface area contributed by atoms with Gasteiger partial charge in [-0.25, -0.2) is 0 Å². The van der Waals surface area contributed by atoms with E-state index in [4.69, 9.17) is 4.74 Å². The smallest absolute Gasteiger partial charge is 0.237 e. The standard InChI is InChI=1S/C18H10O3/c19-17-13-8-4-5-11-9-10-14(16(15(11)13)18(17)20)21-12-6-2-1-3-7-12/h1-10H. The Morgan fingerprint density at radius 1 is 0.714 bits per heavy atom. The number of Topliss-reactive ketones (excluding diaryl/α,β-unsaturated/α-hetero) is 2. The Morgan fingerprint density at radius 2 is 1.52 bits per heavy atom. The number of hydrogen-bond donors (Lipinski definition) is 0. The van der Waals surface area contributed by atoms with Crippen molar-refractivity contribution in [1.82, 2.24) is 0 Å². The predicted molar refractivity (Wildman–Crippen MR) is 79.1 cm³/mol. The van der Waals surface area contributed by atoms with Crippen LogP contribution in [-0.4, -0.2) is 11.6 Å². The summed E-state index contributed by atoms with van der Waals surface area (Å²) in [6.07, 6.45) is 0. The Kier molecular flexibility index (Phi) is 2.42. The Bertz CT molecular complexity index is 895. The first-order valence-electron chi connectivity index (χ1n) is 6.63. The van der Waals surface area contributed by atoms with Gasteiger partial charge >= 0.3 is 0 Å². The largest absolute Gasteiger partial charge is 0.457 e. The molecule has 3 aromatic carbocycles. The van der Waals surface area contributed by atoms with Gasteiger partial charge in [-0.05, 0) is 23.6 Å². The van der Waals surface area contributed by atoms with Crippen LogP contribution in [0.4, 0.5) is 0 Å². The van der Waals surface area contributed by atoms with Gasteiger partial charge in [0, 0.05) is 10.9 Å². The molecule has 0 bridgehead atoms. The molecule has 3 heteroatoms. The minimum absolute atomic E-state index is 0.372. The van der Waals surface area contributed by atoms with Gasteiger partial charge in [0.1, 0.15) is 11.5 Å². The second-order valence-electron chi connectivity index (χ2n) is 4.92. The number of benzene rings is 3. The molecule has 0 atom stereocenters. The molecule has 0 saturated heterocycles. The number of carbonyl (C=O) groups is 2. The molecule has 21 heavy (non-hydrogen) atoms. The molecule has 100 valence electrons. The first kappa shape index (κ1) is 11.9. The van der Waals surface area contributed by atoms with Gasteiger partial charge in [-0.15, -0.1) is 0 Å². The highest BCUT2D eigenvalue weighted by Crippen LogP contribution is 2.38. The van der Waals surface area contributed by atoms with E-state index in [1.807, 2.05) is 42.5 Å². The molecule has 1 aliphatic rings. The van der Waals surface area contributed by atoms with E-state index in [2.05, 4.69) is 0 Å². The van der Waals surface area contributed by atoms with Crippen molar-refractivity contribution in [2.75, 3.05) is 0 Å². The molecule has 0 fully saturated rings. The molecule has 0 aliphatic heterocycles. The van der Waals surface area contributed by atoms with Crippen molar-refractivity contribution in [1.29, 1.82) is 0 Å². The van der Waals surface area contributed by atoms with Crippen LogP contribution in [0.1, 0.15) is 20.7 Å². The first-order valence-corrected chi connectivity index (χ1v) is 6.63. The average molecular weight is 274 g/mol. The fourth-order valence-electron chi connectivity index (χ4n) is 2.71. The van der Waals surface area contributed by atoms with E-state index >= 15 is 0 Å². The molecule has 3 aromatic rings. The van der Waals surface area contributed by atoms with E-state index < -0.39 is 11.6 Å². The highest BCUT2D eigenvalue weighted by atomic mass is 16.5. The zero-order chi connectivity index (χ0) is 14.4. The number of rotatable bonds is 2. The molecule has 0 spiro atoms. The lowest BCUT2D eigenvalue weighted by atomic mass is 10.0. The molecule has 3 nitrogen and oxygen atoms in total. The predicted octanol–water partition coefficient (Wildman–Crippen LogP) is 4.01. The summed E-state index contributed by atoms with van der Waals surface area (Å²) in [5, 5.41) is 1.57. The van der Waals surface area contributed by atoms with E-state index in [0.717, 1.165) is 5.39 Å². The van der Waals surface area contributed by atoms with Gasteiger partial charge in [-0.1, -0.05) is 42.5 Å². The number of hydrogen-bond acceptors (Lipinski definition) is 3. The number of carbonyl (C=O) groups excluding carboxylic acids is 2. The zero-order valence-electron chi connectivity index (χ0n) is 11.0. The molecule has 0 radical (unpaired) electrons. The molecular formula is C18H10O3. The van der Waals surface area contributed by atoms with Crippen LogP contribution >= 0.6 is 0 Å². The van der Waals surface area contributed by atoms with Crippen molar-refractivity contribution < 1.29 is 14.3 Å². The van der Waals surface area contributed by atoms with Crippen LogP contribution in [0.3, 0.4) is 0 Å². The zero-order valence-corrected chi connectivity index (χ0v) is 11.0. The molecule has 0 aromatic heterocycles. The third-order valence-corrected chi connectivity index (χ3v) is 3.66. The van der Waals surface area contributed by atoms with Gasteiger partial charge < -0.3 is 4.74 Å². The summed E-state index contributed by atoms with van der Waals surface area (Å²) >= 11 is 0. The van der Waals surface area contributed by atoms with E-state index in [9.17, 15) is 9.59 Å². The maximum atomic E-state index is 12.3. The summed E-state index contributed by atoms with van der Waals surface area (Å²) in [6.45, 7) is 0. The fraction of sp³-hybridized carbons (Fsp3) is 0.